The Labute approximate surface area is 158 Å². The van der Waals surface area contributed by atoms with Crippen LogP contribution in [0.2, 0.25) is 0 Å². The van der Waals surface area contributed by atoms with Gasteiger partial charge in [0.05, 0.1) is 5.92 Å². The van der Waals surface area contributed by atoms with E-state index in [2.05, 4.69) is 10.6 Å². The van der Waals surface area contributed by atoms with Crippen LogP contribution in [0.15, 0.2) is 30.3 Å². The van der Waals surface area contributed by atoms with E-state index in [0.717, 1.165) is 24.3 Å². The number of rotatable bonds is 8. The summed E-state index contributed by atoms with van der Waals surface area (Å²) in [6, 6.07) is 9.09. The molecule has 2 atom stereocenters. The molecule has 2 N–H and O–H groups in total. The molecular weight excluding hydrogens is 350 g/mol. The monoisotopic (exact) mass is 375 g/mol. The maximum Gasteiger partial charge on any atom is 0.242 e. The summed E-state index contributed by atoms with van der Waals surface area (Å²) in [5.41, 5.74) is 0.804. The molecule has 1 aliphatic carbocycles. The number of nitrogens with one attached hydrogen (secondary N) is 2. The highest BCUT2D eigenvalue weighted by Crippen LogP contribution is 2.25. The van der Waals surface area contributed by atoms with Gasteiger partial charge in [0.1, 0.15) is 6.04 Å². The van der Waals surface area contributed by atoms with Gasteiger partial charge in [-0.2, -0.15) is 11.8 Å². The smallest absolute Gasteiger partial charge is 0.242 e. The molecule has 1 saturated carbocycles. The Morgan fingerprint density at radius 3 is 2.65 bits per heavy atom. The lowest BCUT2D eigenvalue weighted by atomic mass is 10.1. The third-order valence-corrected chi connectivity index (χ3v) is 5.38. The van der Waals surface area contributed by atoms with Crippen molar-refractivity contribution < 1.29 is 14.4 Å². The van der Waals surface area contributed by atoms with E-state index in [0.29, 0.717) is 13.0 Å². The fraction of sp³-hybridized carbons (Fsp3) is 0.526. The van der Waals surface area contributed by atoms with Crippen LogP contribution in [0.5, 0.6) is 0 Å². The largest absolute Gasteiger partial charge is 0.352 e. The highest BCUT2D eigenvalue weighted by Gasteiger charge is 2.37. The second-order valence-corrected chi connectivity index (χ2v) is 7.85. The summed E-state index contributed by atoms with van der Waals surface area (Å²) in [5.74, 6) is -0.0106. The van der Waals surface area contributed by atoms with Crippen LogP contribution in [0.3, 0.4) is 0 Å². The molecule has 26 heavy (non-hydrogen) atoms. The van der Waals surface area contributed by atoms with Crippen molar-refractivity contribution in [1.29, 1.82) is 0 Å². The molecule has 2 aliphatic rings. The highest BCUT2D eigenvalue weighted by atomic mass is 32.2. The molecule has 0 spiro atoms. The van der Waals surface area contributed by atoms with Crippen LogP contribution in [-0.4, -0.2) is 48.4 Å². The van der Waals surface area contributed by atoms with E-state index < -0.39 is 12.0 Å². The van der Waals surface area contributed by atoms with Crippen molar-refractivity contribution in [1.82, 2.24) is 10.6 Å². The van der Waals surface area contributed by atoms with Gasteiger partial charge in [0.25, 0.3) is 0 Å². The summed E-state index contributed by atoms with van der Waals surface area (Å²) in [5, 5.41) is 5.84. The number of nitrogens with zero attached hydrogens (tertiary/aromatic N) is 1. The number of hydrogen-bond donors (Lipinski definition) is 2. The minimum absolute atomic E-state index is 0.0561. The number of amides is 3. The third-order valence-electron chi connectivity index (χ3n) is 4.73. The number of anilines is 1. The molecule has 7 heteroatoms. The van der Waals surface area contributed by atoms with Gasteiger partial charge in [0, 0.05) is 24.7 Å². The van der Waals surface area contributed by atoms with Gasteiger partial charge in [-0.05, 0) is 43.4 Å². The van der Waals surface area contributed by atoms with Crippen LogP contribution in [0.25, 0.3) is 0 Å². The lowest BCUT2D eigenvalue weighted by Gasteiger charge is -2.20. The summed E-state index contributed by atoms with van der Waals surface area (Å²) >= 11 is 1.65. The van der Waals surface area contributed by atoms with E-state index in [4.69, 9.17) is 0 Å². The maximum atomic E-state index is 12.7. The molecule has 1 aromatic carbocycles. The van der Waals surface area contributed by atoms with Crippen LogP contribution in [0.4, 0.5) is 5.69 Å². The van der Waals surface area contributed by atoms with Crippen LogP contribution in [0, 0.1) is 5.92 Å². The van der Waals surface area contributed by atoms with Crippen molar-refractivity contribution in [3.05, 3.63) is 30.3 Å². The second-order valence-electron chi connectivity index (χ2n) is 6.87. The molecule has 1 heterocycles. The molecule has 1 aromatic rings. The fourth-order valence-electron chi connectivity index (χ4n) is 3.06. The van der Waals surface area contributed by atoms with Gasteiger partial charge in [0.2, 0.25) is 17.7 Å². The predicted octanol–water partition coefficient (Wildman–Crippen LogP) is 1.56. The number of hydrogen-bond acceptors (Lipinski definition) is 4. The molecule has 1 aliphatic heterocycles. The number of para-hydroxylation sites is 1. The first-order valence-corrected chi connectivity index (χ1v) is 10.4. The van der Waals surface area contributed by atoms with E-state index in [1.165, 1.54) is 0 Å². The van der Waals surface area contributed by atoms with Crippen LogP contribution < -0.4 is 15.5 Å². The van der Waals surface area contributed by atoms with E-state index in [9.17, 15) is 14.4 Å². The number of carbonyl (C=O) groups excluding carboxylic acids is 3. The fourth-order valence-corrected chi connectivity index (χ4v) is 3.54. The molecular formula is C19H25N3O3S. The summed E-state index contributed by atoms with van der Waals surface area (Å²) in [6.45, 7) is 0.355. The molecule has 6 nitrogen and oxygen atoms in total. The summed E-state index contributed by atoms with van der Waals surface area (Å²) in [4.78, 5) is 39.0. The van der Waals surface area contributed by atoms with Crippen molar-refractivity contribution in [3.8, 4) is 0 Å². The minimum Gasteiger partial charge on any atom is -0.352 e. The first kappa shape index (κ1) is 18.8. The first-order chi connectivity index (χ1) is 12.6. The quantitative estimate of drug-likeness (QED) is 0.723. The van der Waals surface area contributed by atoms with E-state index in [1.54, 1.807) is 16.7 Å². The zero-order valence-electron chi connectivity index (χ0n) is 14.9. The zero-order chi connectivity index (χ0) is 18.5. The molecule has 1 unspecified atom stereocenters. The van der Waals surface area contributed by atoms with Crippen LogP contribution in [0.1, 0.15) is 25.7 Å². The Balaban J connectivity index is 1.60. The Morgan fingerprint density at radius 2 is 2.00 bits per heavy atom. The summed E-state index contributed by atoms with van der Waals surface area (Å²) < 4.78 is 0. The molecule has 0 bridgehead atoms. The molecule has 3 amide bonds. The molecule has 3 rings (SSSR count). The van der Waals surface area contributed by atoms with Gasteiger partial charge in [0.15, 0.2) is 0 Å². The van der Waals surface area contributed by atoms with E-state index in [1.807, 2.05) is 36.6 Å². The molecule has 0 radical (unpaired) electrons. The summed E-state index contributed by atoms with van der Waals surface area (Å²) in [6.07, 6.45) is 4.77. The van der Waals surface area contributed by atoms with Crippen molar-refractivity contribution in [2.45, 2.75) is 37.8 Å². The Hall–Kier alpha value is -2.02. The van der Waals surface area contributed by atoms with Crippen molar-refractivity contribution >= 4 is 35.2 Å². The maximum absolute atomic E-state index is 12.7. The van der Waals surface area contributed by atoms with E-state index in [-0.39, 0.29) is 30.2 Å². The number of carbonyl (C=O) groups is 3. The third kappa shape index (κ3) is 4.78. The number of thioether (sulfide) groups is 1. The van der Waals surface area contributed by atoms with Gasteiger partial charge in [-0.15, -0.1) is 0 Å². The van der Waals surface area contributed by atoms with Crippen molar-refractivity contribution in [2.75, 3.05) is 23.5 Å². The average molecular weight is 375 g/mol. The van der Waals surface area contributed by atoms with Gasteiger partial charge < -0.3 is 15.5 Å². The van der Waals surface area contributed by atoms with Gasteiger partial charge >= 0.3 is 0 Å². The minimum atomic E-state index is -0.531. The highest BCUT2D eigenvalue weighted by molar-refractivity contribution is 7.98. The van der Waals surface area contributed by atoms with Crippen molar-refractivity contribution in [2.24, 2.45) is 5.92 Å². The standard InChI is InChI=1S/C19H25N3O3S/c1-26-10-9-16(19(25)20-14-7-8-14)21-18(24)13-11-17(23)22(12-13)15-5-3-2-4-6-15/h2-6,13-14,16H,7-12H2,1H3,(H,20,25)(H,21,24)/t13?,16-/m1/s1. The molecule has 1 saturated heterocycles. The van der Waals surface area contributed by atoms with Gasteiger partial charge in [-0.25, -0.2) is 0 Å². The topological polar surface area (TPSA) is 78.5 Å². The first-order valence-electron chi connectivity index (χ1n) is 9.03. The lowest BCUT2D eigenvalue weighted by molar-refractivity contribution is -0.131. The molecule has 0 aromatic heterocycles. The number of benzene rings is 1. The second kappa shape index (κ2) is 8.58. The molecule has 140 valence electrons. The van der Waals surface area contributed by atoms with Crippen LogP contribution >= 0.6 is 11.8 Å². The van der Waals surface area contributed by atoms with Crippen LogP contribution in [-0.2, 0) is 14.4 Å². The lowest BCUT2D eigenvalue weighted by Crippen LogP contribution is -2.49. The average Bonchev–Trinajstić information content (AvgIpc) is 3.37. The predicted molar refractivity (Wildman–Crippen MR) is 103 cm³/mol. The Kier molecular flexibility index (Phi) is 6.19. The Morgan fingerprint density at radius 1 is 1.27 bits per heavy atom. The van der Waals surface area contributed by atoms with Gasteiger partial charge in [-0.3, -0.25) is 14.4 Å². The normalized spacial score (nSPS) is 20.7. The van der Waals surface area contributed by atoms with Gasteiger partial charge in [-0.1, -0.05) is 18.2 Å². The Bertz CT molecular complexity index is 663. The van der Waals surface area contributed by atoms with E-state index >= 15 is 0 Å². The summed E-state index contributed by atoms with van der Waals surface area (Å²) in [7, 11) is 0. The molecule has 2 fully saturated rings. The zero-order valence-corrected chi connectivity index (χ0v) is 15.8. The van der Waals surface area contributed by atoms with Crippen molar-refractivity contribution in [3.63, 3.8) is 0 Å². The SMILES string of the molecule is CSCC[C@@H](NC(=O)C1CC(=O)N(c2ccccc2)C1)C(=O)NC1CC1.